The highest BCUT2D eigenvalue weighted by molar-refractivity contribution is 5.89. The summed E-state index contributed by atoms with van der Waals surface area (Å²) < 4.78 is 65.4. The van der Waals surface area contributed by atoms with Crippen molar-refractivity contribution in [2.75, 3.05) is 164 Å². The standard InChI is InChI=1S/C37H67NO13/c1-3-5-11-38-36-9-7-35(8-10-36)37(39)51-34-33-50-32-31-49-30-29-48-28-27-47-26-25-46-24-23-45-22-21-44-20-19-43-18-17-42-16-15-41-14-13-40-12-6-4-2/h7-10,38H,3-6,11-34H2,1-2H3. The summed E-state index contributed by atoms with van der Waals surface area (Å²) in [7, 11) is 0. The number of esters is 1. The summed E-state index contributed by atoms with van der Waals surface area (Å²) in [5.74, 6) is -0.360. The first kappa shape index (κ1) is 47.1. The smallest absolute Gasteiger partial charge is 0.338 e. The summed E-state index contributed by atoms with van der Waals surface area (Å²) in [6.07, 6.45) is 4.48. The second-order valence-electron chi connectivity index (χ2n) is 11.1. The molecule has 298 valence electrons. The highest BCUT2D eigenvalue weighted by atomic mass is 16.6. The Bertz CT molecular complexity index is 850. The predicted octanol–water partition coefficient (Wildman–Crippen LogP) is 4.04. The Morgan fingerprint density at radius 2 is 0.706 bits per heavy atom. The molecule has 0 aromatic heterocycles. The van der Waals surface area contributed by atoms with Crippen molar-refractivity contribution in [3.63, 3.8) is 0 Å². The number of nitrogens with one attached hydrogen (secondary N) is 1. The van der Waals surface area contributed by atoms with Crippen LogP contribution in [-0.4, -0.2) is 164 Å². The Balaban J connectivity index is 1.68. The lowest BCUT2D eigenvalue weighted by atomic mass is 10.2. The SMILES string of the molecule is CCCCNc1ccc(C(=O)OCCOCCOCCOCCOCCOCCOCCOCCOCCOCCOCCOCCCC)cc1. The molecule has 0 saturated heterocycles. The monoisotopic (exact) mass is 733 g/mol. The Labute approximate surface area is 306 Å². The van der Waals surface area contributed by atoms with Gasteiger partial charge in [0.1, 0.15) is 6.61 Å². The Kier molecular flexibility index (Phi) is 36.2. The minimum Gasteiger partial charge on any atom is -0.460 e. The van der Waals surface area contributed by atoms with Crippen molar-refractivity contribution in [2.45, 2.75) is 39.5 Å². The van der Waals surface area contributed by atoms with E-state index in [4.69, 9.17) is 56.8 Å². The largest absolute Gasteiger partial charge is 0.460 e. The van der Waals surface area contributed by atoms with Gasteiger partial charge >= 0.3 is 5.97 Å². The van der Waals surface area contributed by atoms with Crippen molar-refractivity contribution in [3.05, 3.63) is 29.8 Å². The number of rotatable bonds is 41. The molecule has 1 rings (SSSR count). The second-order valence-corrected chi connectivity index (χ2v) is 11.1. The predicted molar refractivity (Wildman–Crippen MR) is 194 cm³/mol. The molecule has 0 fully saturated rings. The molecule has 0 atom stereocenters. The van der Waals surface area contributed by atoms with Crippen LogP contribution in [0.4, 0.5) is 5.69 Å². The average Bonchev–Trinajstić information content (AvgIpc) is 3.15. The molecule has 0 unspecified atom stereocenters. The molecule has 0 amide bonds. The number of anilines is 1. The number of carbonyl (C=O) groups is 1. The van der Waals surface area contributed by atoms with Crippen molar-refractivity contribution in [3.8, 4) is 0 Å². The molecule has 0 radical (unpaired) electrons. The summed E-state index contributed by atoms with van der Waals surface area (Å²) in [6.45, 7) is 16.7. The van der Waals surface area contributed by atoms with Crippen LogP contribution in [0.2, 0.25) is 0 Å². The van der Waals surface area contributed by atoms with Gasteiger partial charge in [-0.2, -0.15) is 0 Å². The van der Waals surface area contributed by atoms with Gasteiger partial charge in [-0.25, -0.2) is 4.79 Å². The van der Waals surface area contributed by atoms with Crippen molar-refractivity contribution in [1.29, 1.82) is 0 Å². The highest BCUT2D eigenvalue weighted by Gasteiger charge is 2.07. The molecule has 0 aliphatic carbocycles. The third-order valence-corrected chi connectivity index (χ3v) is 6.80. The number of benzene rings is 1. The molecule has 51 heavy (non-hydrogen) atoms. The summed E-state index contributed by atoms with van der Waals surface area (Å²) in [6, 6.07) is 7.29. The van der Waals surface area contributed by atoms with Crippen molar-refractivity contribution in [1.82, 2.24) is 0 Å². The minimum atomic E-state index is -0.360. The molecule has 0 heterocycles. The summed E-state index contributed by atoms with van der Waals surface area (Å²) in [5, 5.41) is 3.32. The molecule has 0 spiro atoms. The zero-order chi connectivity index (χ0) is 36.6. The van der Waals surface area contributed by atoms with Crippen molar-refractivity contribution >= 4 is 11.7 Å². The van der Waals surface area contributed by atoms with Gasteiger partial charge in [-0.1, -0.05) is 26.7 Å². The maximum Gasteiger partial charge on any atom is 0.338 e. The zero-order valence-corrected chi connectivity index (χ0v) is 31.4. The number of hydrogen-bond acceptors (Lipinski definition) is 14. The zero-order valence-electron chi connectivity index (χ0n) is 31.4. The Hall–Kier alpha value is -1.95. The second kappa shape index (κ2) is 39.3. The van der Waals surface area contributed by atoms with Crippen LogP contribution in [0.1, 0.15) is 49.9 Å². The van der Waals surface area contributed by atoms with Gasteiger partial charge in [0.05, 0.1) is 144 Å². The van der Waals surface area contributed by atoms with Gasteiger partial charge in [0.25, 0.3) is 0 Å². The average molecular weight is 734 g/mol. The fourth-order valence-electron chi connectivity index (χ4n) is 3.96. The van der Waals surface area contributed by atoms with E-state index >= 15 is 0 Å². The van der Waals surface area contributed by atoms with Gasteiger partial charge in [0.15, 0.2) is 0 Å². The Morgan fingerprint density at radius 3 is 1.02 bits per heavy atom. The molecule has 0 aliphatic rings. The van der Waals surface area contributed by atoms with Crippen LogP contribution in [0.3, 0.4) is 0 Å². The van der Waals surface area contributed by atoms with E-state index < -0.39 is 0 Å². The van der Waals surface area contributed by atoms with Crippen LogP contribution in [0.25, 0.3) is 0 Å². The van der Waals surface area contributed by atoms with E-state index in [1.807, 2.05) is 12.1 Å². The van der Waals surface area contributed by atoms with Crippen molar-refractivity contribution in [2.24, 2.45) is 0 Å². The molecule has 0 saturated carbocycles. The molecule has 1 N–H and O–H groups in total. The van der Waals surface area contributed by atoms with E-state index in [1.54, 1.807) is 12.1 Å². The molecule has 1 aromatic carbocycles. The van der Waals surface area contributed by atoms with E-state index in [9.17, 15) is 4.79 Å². The van der Waals surface area contributed by atoms with E-state index in [1.165, 1.54) is 0 Å². The molecular formula is C37H67NO13. The van der Waals surface area contributed by atoms with Gasteiger partial charge in [-0.05, 0) is 37.1 Å². The third-order valence-electron chi connectivity index (χ3n) is 6.80. The minimum absolute atomic E-state index is 0.190. The highest BCUT2D eigenvalue weighted by Crippen LogP contribution is 2.11. The molecule has 1 aromatic rings. The topological polar surface area (TPSA) is 140 Å². The molecule has 0 bridgehead atoms. The van der Waals surface area contributed by atoms with Crippen LogP contribution < -0.4 is 5.32 Å². The number of unbranched alkanes of at least 4 members (excludes halogenated alkanes) is 2. The third kappa shape index (κ3) is 33.6. The lowest BCUT2D eigenvalue weighted by Crippen LogP contribution is -2.15. The maximum atomic E-state index is 12.1. The fraction of sp³-hybridized carbons (Fsp3) is 0.811. The van der Waals surface area contributed by atoms with Crippen LogP contribution in [0.5, 0.6) is 0 Å². The van der Waals surface area contributed by atoms with E-state index in [2.05, 4.69) is 19.2 Å². The summed E-state index contributed by atoms with van der Waals surface area (Å²) in [5.41, 5.74) is 1.52. The molecule has 14 heteroatoms. The summed E-state index contributed by atoms with van der Waals surface area (Å²) in [4.78, 5) is 12.1. The van der Waals surface area contributed by atoms with E-state index in [0.717, 1.165) is 44.5 Å². The van der Waals surface area contributed by atoms with Crippen LogP contribution in [0.15, 0.2) is 24.3 Å². The number of ether oxygens (including phenoxy) is 12. The van der Waals surface area contributed by atoms with E-state index in [-0.39, 0.29) is 12.6 Å². The van der Waals surface area contributed by atoms with Crippen molar-refractivity contribution < 1.29 is 61.6 Å². The van der Waals surface area contributed by atoms with Crippen LogP contribution in [0, 0.1) is 0 Å². The number of hydrogen-bond donors (Lipinski definition) is 1. The van der Waals surface area contributed by atoms with Gasteiger partial charge in [-0.3, -0.25) is 0 Å². The summed E-state index contributed by atoms with van der Waals surface area (Å²) >= 11 is 0. The lowest BCUT2D eigenvalue weighted by molar-refractivity contribution is -0.0280. The van der Waals surface area contributed by atoms with Gasteiger partial charge < -0.3 is 62.2 Å². The van der Waals surface area contributed by atoms with Gasteiger partial charge in [0, 0.05) is 18.8 Å². The lowest BCUT2D eigenvalue weighted by Gasteiger charge is -2.09. The quantitative estimate of drug-likeness (QED) is 0.0765. The van der Waals surface area contributed by atoms with Gasteiger partial charge in [0.2, 0.25) is 0 Å². The molecule has 0 aliphatic heterocycles. The first-order valence-corrected chi connectivity index (χ1v) is 18.6. The van der Waals surface area contributed by atoms with Crippen LogP contribution in [-0.2, 0) is 56.8 Å². The van der Waals surface area contributed by atoms with E-state index in [0.29, 0.717) is 144 Å². The normalized spacial score (nSPS) is 11.3. The molecule has 14 nitrogen and oxygen atoms in total. The molecular weight excluding hydrogens is 666 g/mol. The fourth-order valence-corrected chi connectivity index (χ4v) is 3.96. The van der Waals surface area contributed by atoms with Gasteiger partial charge in [-0.15, -0.1) is 0 Å². The number of carbonyl (C=O) groups excluding carboxylic acids is 1. The maximum absolute atomic E-state index is 12.1. The van der Waals surface area contributed by atoms with Crippen LogP contribution >= 0.6 is 0 Å². The first-order valence-electron chi connectivity index (χ1n) is 18.6. The Morgan fingerprint density at radius 1 is 0.412 bits per heavy atom. The first-order chi connectivity index (χ1) is 25.3.